The number of nitrogens with one attached hydrogen (secondary N) is 1. The summed E-state index contributed by atoms with van der Waals surface area (Å²) in [7, 11) is 0. The lowest BCUT2D eigenvalue weighted by Gasteiger charge is -2.22. The van der Waals surface area contributed by atoms with Crippen molar-refractivity contribution >= 4 is 11.8 Å². The van der Waals surface area contributed by atoms with Crippen molar-refractivity contribution in [1.29, 1.82) is 0 Å². The number of hydrogen-bond donors (Lipinski definition) is 1. The van der Waals surface area contributed by atoms with E-state index in [-0.39, 0.29) is 17.9 Å². The lowest BCUT2D eigenvalue weighted by molar-refractivity contribution is -0.121. The van der Waals surface area contributed by atoms with Gasteiger partial charge in [0.25, 0.3) is 5.91 Å². The summed E-state index contributed by atoms with van der Waals surface area (Å²) < 4.78 is 4.96. The molecule has 0 bridgehead atoms. The van der Waals surface area contributed by atoms with Crippen LogP contribution in [-0.4, -0.2) is 35.8 Å². The zero-order valence-corrected chi connectivity index (χ0v) is 13.2. The van der Waals surface area contributed by atoms with Crippen LogP contribution in [0.5, 0.6) is 0 Å². The highest BCUT2D eigenvalue weighted by Gasteiger charge is 2.17. The highest BCUT2D eigenvalue weighted by Crippen LogP contribution is 2.08. The average molecular weight is 294 g/mol. The Kier molecular flexibility index (Phi) is 7.58. The van der Waals surface area contributed by atoms with E-state index in [0.29, 0.717) is 25.1 Å². The molecule has 0 spiro atoms. The summed E-state index contributed by atoms with van der Waals surface area (Å²) in [6, 6.07) is 1.83. The highest BCUT2D eigenvalue weighted by molar-refractivity contribution is 5.94. The zero-order chi connectivity index (χ0) is 15.7. The molecule has 0 aromatic carbocycles. The highest BCUT2D eigenvalue weighted by atomic mass is 16.3. The molecule has 0 fully saturated rings. The van der Waals surface area contributed by atoms with Crippen molar-refractivity contribution in [2.45, 2.75) is 52.5 Å². The monoisotopic (exact) mass is 294 g/mol. The lowest BCUT2D eigenvalue weighted by atomic mass is 10.2. The first-order valence-corrected chi connectivity index (χ1v) is 7.69. The van der Waals surface area contributed by atoms with Crippen LogP contribution in [0.2, 0.25) is 0 Å². The number of furan rings is 1. The summed E-state index contributed by atoms with van der Waals surface area (Å²) in [4.78, 5) is 25.9. The minimum Gasteiger partial charge on any atom is -0.472 e. The summed E-state index contributed by atoms with van der Waals surface area (Å²) in [5, 5.41) is 2.92. The number of unbranched alkanes of at least 4 members (excludes halogenated alkanes) is 1. The number of nitrogens with zero attached hydrogens (tertiary/aromatic N) is 1. The molecule has 0 saturated carbocycles. The third kappa shape index (κ3) is 6.02. The van der Waals surface area contributed by atoms with Gasteiger partial charge in [-0.15, -0.1) is 0 Å². The van der Waals surface area contributed by atoms with Crippen molar-refractivity contribution in [2.75, 3.05) is 13.1 Å². The smallest absolute Gasteiger partial charge is 0.257 e. The molecule has 1 rings (SSSR count). The SMILES string of the molecule is CCCCN(CCC(=O)N[C@@H](C)CC)C(=O)c1ccoc1. The molecule has 1 N–H and O–H groups in total. The second-order valence-electron chi connectivity index (χ2n) is 5.28. The van der Waals surface area contributed by atoms with Gasteiger partial charge >= 0.3 is 0 Å². The van der Waals surface area contributed by atoms with Crippen LogP contribution in [0.3, 0.4) is 0 Å². The van der Waals surface area contributed by atoms with E-state index >= 15 is 0 Å². The predicted molar refractivity (Wildman–Crippen MR) is 82.0 cm³/mol. The lowest BCUT2D eigenvalue weighted by Crippen LogP contribution is -2.38. The van der Waals surface area contributed by atoms with Gasteiger partial charge in [0.1, 0.15) is 6.26 Å². The van der Waals surface area contributed by atoms with Crippen LogP contribution in [0.25, 0.3) is 0 Å². The summed E-state index contributed by atoms with van der Waals surface area (Å²) in [6.45, 7) is 7.18. The standard InChI is InChI=1S/C16H26N2O3/c1-4-6-9-18(16(20)14-8-11-21-12-14)10-7-15(19)17-13(3)5-2/h8,11-13H,4-7,9-10H2,1-3H3,(H,17,19)/t13-/m0/s1. The Morgan fingerprint density at radius 1 is 1.33 bits per heavy atom. The molecule has 0 radical (unpaired) electrons. The Labute approximate surface area is 126 Å². The number of rotatable bonds is 9. The minimum atomic E-state index is -0.0754. The van der Waals surface area contributed by atoms with Gasteiger partial charge < -0.3 is 14.6 Å². The quantitative estimate of drug-likeness (QED) is 0.761. The Morgan fingerprint density at radius 2 is 2.10 bits per heavy atom. The fourth-order valence-corrected chi connectivity index (χ4v) is 1.92. The van der Waals surface area contributed by atoms with Gasteiger partial charge in [-0.25, -0.2) is 0 Å². The molecule has 5 heteroatoms. The minimum absolute atomic E-state index is 0.00848. The van der Waals surface area contributed by atoms with E-state index in [1.165, 1.54) is 12.5 Å². The molecule has 0 aliphatic rings. The van der Waals surface area contributed by atoms with E-state index in [4.69, 9.17) is 4.42 Å². The maximum atomic E-state index is 12.3. The Balaban J connectivity index is 2.54. The van der Waals surface area contributed by atoms with Crippen molar-refractivity contribution < 1.29 is 14.0 Å². The predicted octanol–water partition coefficient (Wildman–Crippen LogP) is 2.83. The third-order valence-electron chi connectivity index (χ3n) is 3.47. The van der Waals surface area contributed by atoms with Gasteiger partial charge in [-0.1, -0.05) is 20.3 Å². The molecule has 5 nitrogen and oxygen atoms in total. The van der Waals surface area contributed by atoms with E-state index in [1.807, 2.05) is 13.8 Å². The largest absolute Gasteiger partial charge is 0.472 e. The van der Waals surface area contributed by atoms with E-state index in [0.717, 1.165) is 19.3 Å². The van der Waals surface area contributed by atoms with Crippen molar-refractivity contribution in [3.05, 3.63) is 24.2 Å². The van der Waals surface area contributed by atoms with Crippen LogP contribution >= 0.6 is 0 Å². The normalized spacial score (nSPS) is 12.0. The number of hydrogen-bond acceptors (Lipinski definition) is 3. The van der Waals surface area contributed by atoms with Gasteiger partial charge in [-0.05, 0) is 25.8 Å². The molecular formula is C16H26N2O3. The Hall–Kier alpha value is -1.78. The van der Waals surface area contributed by atoms with Gasteiger partial charge in [0.05, 0.1) is 11.8 Å². The molecule has 2 amide bonds. The molecule has 118 valence electrons. The molecule has 0 saturated heterocycles. The molecule has 1 heterocycles. The molecule has 0 aliphatic carbocycles. The van der Waals surface area contributed by atoms with E-state index in [9.17, 15) is 9.59 Å². The fraction of sp³-hybridized carbons (Fsp3) is 0.625. The zero-order valence-electron chi connectivity index (χ0n) is 13.2. The van der Waals surface area contributed by atoms with E-state index < -0.39 is 0 Å². The van der Waals surface area contributed by atoms with Gasteiger partial charge in [-0.3, -0.25) is 9.59 Å². The van der Waals surface area contributed by atoms with Crippen LogP contribution in [0, 0.1) is 0 Å². The average Bonchev–Trinajstić information content (AvgIpc) is 3.00. The van der Waals surface area contributed by atoms with Gasteiger partial charge in [0.15, 0.2) is 0 Å². The number of carbonyl (C=O) groups is 2. The van der Waals surface area contributed by atoms with Gasteiger partial charge in [0.2, 0.25) is 5.91 Å². The first-order valence-electron chi connectivity index (χ1n) is 7.69. The summed E-state index contributed by atoms with van der Waals surface area (Å²) >= 11 is 0. The van der Waals surface area contributed by atoms with Crippen LogP contribution in [0.1, 0.15) is 56.8 Å². The Bertz CT molecular complexity index is 429. The number of amides is 2. The molecule has 1 aromatic heterocycles. The second kappa shape index (κ2) is 9.21. The topological polar surface area (TPSA) is 62.6 Å². The molecule has 21 heavy (non-hydrogen) atoms. The van der Waals surface area contributed by atoms with E-state index in [1.54, 1.807) is 11.0 Å². The summed E-state index contributed by atoms with van der Waals surface area (Å²) in [6.07, 6.45) is 6.10. The molecule has 0 unspecified atom stereocenters. The third-order valence-corrected chi connectivity index (χ3v) is 3.47. The first-order chi connectivity index (χ1) is 10.1. The second-order valence-corrected chi connectivity index (χ2v) is 5.28. The van der Waals surface area contributed by atoms with Crippen LogP contribution in [0.4, 0.5) is 0 Å². The first kappa shape index (κ1) is 17.3. The molecule has 1 aromatic rings. The van der Waals surface area contributed by atoms with Crippen LogP contribution in [0.15, 0.2) is 23.0 Å². The molecule has 1 atom stereocenters. The van der Waals surface area contributed by atoms with Crippen LogP contribution < -0.4 is 5.32 Å². The fourth-order valence-electron chi connectivity index (χ4n) is 1.92. The Morgan fingerprint density at radius 3 is 2.67 bits per heavy atom. The maximum Gasteiger partial charge on any atom is 0.257 e. The summed E-state index contributed by atoms with van der Waals surface area (Å²) in [5.41, 5.74) is 0.536. The van der Waals surface area contributed by atoms with Gasteiger partial charge in [-0.2, -0.15) is 0 Å². The maximum absolute atomic E-state index is 12.3. The van der Waals surface area contributed by atoms with Gasteiger partial charge in [0, 0.05) is 25.6 Å². The molecular weight excluding hydrogens is 268 g/mol. The van der Waals surface area contributed by atoms with Crippen molar-refractivity contribution in [3.63, 3.8) is 0 Å². The summed E-state index contributed by atoms with van der Waals surface area (Å²) in [5.74, 6) is -0.0839. The van der Waals surface area contributed by atoms with Crippen LogP contribution in [-0.2, 0) is 4.79 Å². The van der Waals surface area contributed by atoms with Crippen molar-refractivity contribution in [2.24, 2.45) is 0 Å². The van der Waals surface area contributed by atoms with Crippen molar-refractivity contribution in [3.8, 4) is 0 Å². The molecule has 0 aliphatic heterocycles. The van der Waals surface area contributed by atoms with E-state index in [2.05, 4.69) is 12.2 Å². The van der Waals surface area contributed by atoms with Crippen molar-refractivity contribution in [1.82, 2.24) is 10.2 Å². The number of carbonyl (C=O) groups excluding carboxylic acids is 2.